The molecular formula is C11H10FNOS. The molecule has 0 atom stereocenters. The number of aromatic nitrogens is 1. The van der Waals surface area contributed by atoms with Crippen LogP contribution in [0, 0.1) is 24.6 Å². The number of carbonyl (C=O) groups excluding carboxylic acids is 1. The van der Waals surface area contributed by atoms with Gasteiger partial charge in [-0.15, -0.1) is 0 Å². The maximum Gasteiger partial charge on any atom is 0.186 e. The van der Waals surface area contributed by atoms with Crippen molar-refractivity contribution in [2.75, 3.05) is 5.75 Å². The summed E-state index contributed by atoms with van der Waals surface area (Å²) in [5, 5.41) is 0.0353. The van der Waals surface area contributed by atoms with Gasteiger partial charge in [0.2, 0.25) is 0 Å². The van der Waals surface area contributed by atoms with Crippen LogP contribution in [0.1, 0.15) is 18.2 Å². The fourth-order valence-electron chi connectivity index (χ4n) is 0.929. The van der Waals surface area contributed by atoms with Crippen LogP contribution >= 0.6 is 11.8 Å². The Morgan fingerprint density at radius 2 is 2.40 bits per heavy atom. The summed E-state index contributed by atoms with van der Waals surface area (Å²) in [6.07, 6.45) is 1.13. The van der Waals surface area contributed by atoms with E-state index in [1.165, 1.54) is 13.0 Å². The molecule has 78 valence electrons. The molecule has 0 saturated carbocycles. The summed E-state index contributed by atoms with van der Waals surface area (Å²) < 4.78 is 12.7. The van der Waals surface area contributed by atoms with Gasteiger partial charge in [-0.3, -0.25) is 4.79 Å². The van der Waals surface area contributed by atoms with Gasteiger partial charge in [-0.25, -0.2) is 9.37 Å². The number of aryl methyl sites for hydroxylation is 1. The molecule has 0 N–H and O–H groups in total. The lowest BCUT2D eigenvalue weighted by atomic mass is 10.2. The molecule has 0 aliphatic rings. The van der Waals surface area contributed by atoms with Crippen LogP contribution in [-0.2, 0) is 4.79 Å². The lowest BCUT2D eigenvalue weighted by Gasteiger charge is -1.95. The molecule has 4 heteroatoms. The van der Waals surface area contributed by atoms with Crippen LogP contribution in [0.4, 0.5) is 4.39 Å². The summed E-state index contributed by atoms with van der Waals surface area (Å²) in [6, 6.07) is 1.38. The monoisotopic (exact) mass is 223 g/mol. The van der Waals surface area contributed by atoms with Crippen molar-refractivity contribution in [1.82, 2.24) is 4.98 Å². The Morgan fingerprint density at radius 1 is 1.67 bits per heavy atom. The highest BCUT2D eigenvalue weighted by atomic mass is 32.2. The standard InChI is InChI=1S/C11H10FNOS/c1-8-6-10(12)7-13-11(8)4-3-5-15-9(2)14/h6-7H,5H2,1-2H3. The minimum Gasteiger partial charge on any atom is -0.288 e. The van der Waals surface area contributed by atoms with Gasteiger partial charge in [0.25, 0.3) is 0 Å². The molecule has 0 spiro atoms. The predicted octanol–water partition coefficient (Wildman–Crippen LogP) is 2.16. The molecule has 1 aromatic rings. The molecule has 0 aromatic carbocycles. The topological polar surface area (TPSA) is 30.0 Å². The highest BCUT2D eigenvalue weighted by Gasteiger charge is 1.97. The molecule has 0 aliphatic carbocycles. The molecule has 0 aliphatic heterocycles. The van der Waals surface area contributed by atoms with Crippen LogP contribution in [0.15, 0.2) is 12.3 Å². The van der Waals surface area contributed by atoms with E-state index in [0.29, 0.717) is 17.0 Å². The molecular weight excluding hydrogens is 213 g/mol. The summed E-state index contributed by atoms with van der Waals surface area (Å²) in [5.41, 5.74) is 1.26. The zero-order chi connectivity index (χ0) is 11.3. The smallest absolute Gasteiger partial charge is 0.186 e. The Morgan fingerprint density at radius 3 is 3.00 bits per heavy atom. The summed E-state index contributed by atoms with van der Waals surface area (Å²) in [5.74, 6) is 5.67. The van der Waals surface area contributed by atoms with E-state index in [1.807, 2.05) is 0 Å². The number of thioether (sulfide) groups is 1. The first-order valence-electron chi connectivity index (χ1n) is 4.34. The largest absolute Gasteiger partial charge is 0.288 e. The number of nitrogens with zero attached hydrogens (tertiary/aromatic N) is 1. The van der Waals surface area contributed by atoms with Crippen LogP contribution in [0.2, 0.25) is 0 Å². The highest BCUT2D eigenvalue weighted by Crippen LogP contribution is 2.05. The zero-order valence-corrected chi connectivity index (χ0v) is 9.32. The molecule has 15 heavy (non-hydrogen) atoms. The van der Waals surface area contributed by atoms with Crippen molar-refractivity contribution >= 4 is 16.9 Å². The van der Waals surface area contributed by atoms with Crippen LogP contribution in [0.3, 0.4) is 0 Å². The summed E-state index contributed by atoms with van der Waals surface area (Å²) in [4.78, 5) is 14.4. The Labute approximate surface area is 92.3 Å². The van der Waals surface area contributed by atoms with Gasteiger partial charge in [0.1, 0.15) is 11.5 Å². The minimum absolute atomic E-state index is 0.0353. The maximum absolute atomic E-state index is 12.7. The number of hydrogen-bond donors (Lipinski definition) is 0. The van der Waals surface area contributed by atoms with Crippen molar-refractivity contribution in [2.45, 2.75) is 13.8 Å². The number of halogens is 1. The summed E-state index contributed by atoms with van der Waals surface area (Å²) >= 11 is 1.15. The molecule has 0 bridgehead atoms. The van der Waals surface area contributed by atoms with Gasteiger partial charge >= 0.3 is 0 Å². The fraction of sp³-hybridized carbons (Fsp3) is 0.273. The average Bonchev–Trinajstić information content (AvgIpc) is 2.14. The number of carbonyl (C=O) groups is 1. The molecule has 1 aromatic heterocycles. The molecule has 0 unspecified atom stereocenters. The van der Waals surface area contributed by atoms with Gasteiger partial charge in [0, 0.05) is 6.92 Å². The van der Waals surface area contributed by atoms with Crippen LogP contribution < -0.4 is 0 Å². The molecule has 0 fully saturated rings. The Bertz CT molecular complexity index is 434. The SMILES string of the molecule is CC(=O)SCC#Cc1ncc(F)cc1C. The Hall–Kier alpha value is -1.34. The second-order valence-corrected chi connectivity index (χ2v) is 4.05. The van der Waals surface area contributed by atoms with Gasteiger partial charge in [-0.1, -0.05) is 17.7 Å². The quantitative estimate of drug-likeness (QED) is 0.683. The lowest BCUT2D eigenvalue weighted by molar-refractivity contribution is -0.109. The van der Waals surface area contributed by atoms with Crippen LogP contribution in [0.25, 0.3) is 0 Å². The Balaban J connectivity index is 2.67. The zero-order valence-electron chi connectivity index (χ0n) is 8.50. The first kappa shape index (κ1) is 11.7. The van der Waals surface area contributed by atoms with Crippen LogP contribution in [0.5, 0.6) is 0 Å². The van der Waals surface area contributed by atoms with Gasteiger partial charge in [-0.05, 0) is 24.5 Å². The number of rotatable bonds is 1. The van der Waals surface area contributed by atoms with Crippen LogP contribution in [-0.4, -0.2) is 15.9 Å². The average molecular weight is 223 g/mol. The van der Waals surface area contributed by atoms with E-state index in [1.54, 1.807) is 6.92 Å². The molecule has 0 radical (unpaired) electrons. The van der Waals surface area contributed by atoms with E-state index < -0.39 is 0 Å². The Kier molecular flexibility index (Phi) is 4.32. The van der Waals surface area contributed by atoms with Crippen molar-refractivity contribution in [1.29, 1.82) is 0 Å². The van der Waals surface area contributed by atoms with Crippen molar-refractivity contribution < 1.29 is 9.18 Å². The van der Waals surface area contributed by atoms with Gasteiger partial charge in [0.15, 0.2) is 5.12 Å². The van der Waals surface area contributed by atoms with Crippen molar-refractivity contribution in [3.8, 4) is 11.8 Å². The first-order valence-corrected chi connectivity index (χ1v) is 5.32. The third kappa shape index (κ3) is 4.13. The van der Waals surface area contributed by atoms with E-state index in [4.69, 9.17) is 0 Å². The molecule has 1 rings (SSSR count). The second kappa shape index (κ2) is 5.52. The lowest BCUT2D eigenvalue weighted by Crippen LogP contribution is -1.90. The van der Waals surface area contributed by atoms with Gasteiger partial charge < -0.3 is 0 Å². The van der Waals surface area contributed by atoms with Crippen molar-refractivity contribution in [3.63, 3.8) is 0 Å². The third-order valence-electron chi connectivity index (χ3n) is 1.60. The van der Waals surface area contributed by atoms with E-state index >= 15 is 0 Å². The van der Waals surface area contributed by atoms with E-state index in [-0.39, 0.29) is 10.9 Å². The second-order valence-electron chi connectivity index (χ2n) is 2.90. The van der Waals surface area contributed by atoms with Gasteiger partial charge in [0.05, 0.1) is 11.9 Å². The predicted molar refractivity (Wildman–Crippen MR) is 58.9 cm³/mol. The normalized spacial score (nSPS) is 9.27. The fourth-order valence-corrected chi connectivity index (χ4v) is 1.28. The van der Waals surface area contributed by atoms with E-state index in [9.17, 15) is 9.18 Å². The van der Waals surface area contributed by atoms with E-state index in [0.717, 1.165) is 18.0 Å². The van der Waals surface area contributed by atoms with Gasteiger partial charge in [-0.2, -0.15) is 0 Å². The first-order chi connectivity index (χ1) is 7.09. The molecule has 0 amide bonds. The summed E-state index contributed by atoms with van der Waals surface area (Å²) in [6.45, 7) is 3.24. The summed E-state index contributed by atoms with van der Waals surface area (Å²) in [7, 11) is 0. The highest BCUT2D eigenvalue weighted by molar-refractivity contribution is 8.13. The number of hydrogen-bond acceptors (Lipinski definition) is 3. The minimum atomic E-state index is -0.365. The molecule has 0 saturated heterocycles. The molecule has 1 heterocycles. The number of pyridine rings is 1. The van der Waals surface area contributed by atoms with E-state index in [2.05, 4.69) is 16.8 Å². The molecule has 2 nitrogen and oxygen atoms in total. The van der Waals surface area contributed by atoms with Crippen molar-refractivity contribution in [3.05, 3.63) is 29.3 Å². The maximum atomic E-state index is 12.7. The van der Waals surface area contributed by atoms with Crippen molar-refractivity contribution in [2.24, 2.45) is 0 Å². The third-order valence-corrected chi connectivity index (χ3v) is 2.29.